The van der Waals surface area contributed by atoms with Crippen molar-refractivity contribution >= 4 is 34.7 Å². The summed E-state index contributed by atoms with van der Waals surface area (Å²) in [4.78, 5) is 35.2. The van der Waals surface area contributed by atoms with Crippen LogP contribution in [0.4, 0.5) is 11.4 Å². The SMILES string of the molecule is Cc1cccc([N+](=O)[O-])c1NC(=O)COc1ccc(C(=O)c2ccc(Cl)cc2)cc1. The lowest BCUT2D eigenvalue weighted by Crippen LogP contribution is -2.21. The van der Waals surface area contributed by atoms with Crippen molar-refractivity contribution in [1.82, 2.24) is 0 Å². The molecule has 0 radical (unpaired) electrons. The minimum atomic E-state index is -0.556. The molecule has 0 heterocycles. The topological polar surface area (TPSA) is 98.5 Å². The second-order valence-electron chi connectivity index (χ2n) is 6.42. The zero-order valence-electron chi connectivity index (χ0n) is 15.9. The standard InChI is InChI=1S/C22H17ClN2O5/c1-14-3-2-4-19(25(28)29)21(14)24-20(26)13-30-18-11-7-16(8-12-18)22(27)15-5-9-17(23)10-6-15/h2-12H,13H2,1H3,(H,24,26). The number of nitrogens with zero attached hydrogens (tertiary/aromatic N) is 1. The predicted molar refractivity (Wildman–Crippen MR) is 113 cm³/mol. The van der Waals surface area contributed by atoms with Gasteiger partial charge in [-0.25, -0.2) is 0 Å². The summed E-state index contributed by atoms with van der Waals surface area (Å²) in [7, 11) is 0. The van der Waals surface area contributed by atoms with E-state index in [1.54, 1.807) is 67.6 Å². The van der Waals surface area contributed by atoms with Gasteiger partial charge in [0.25, 0.3) is 11.6 Å². The number of para-hydroxylation sites is 1. The van der Waals surface area contributed by atoms with Crippen LogP contribution in [-0.2, 0) is 4.79 Å². The third-order valence-electron chi connectivity index (χ3n) is 4.30. The maximum Gasteiger partial charge on any atom is 0.293 e. The maximum atomic E-state index is 12.5. The van der Waals surface area contributed by atoms with E-state index in [0.29, 0.717) is 27.5 Å². The van der Waals surface area contributed by atoms with Crippen LogP contribution in [0.2, 0.25) is 5.02 Å². The molecule has 3 aromatic carbocycles. The number of rotatable bonds is 7. The van der Waals surface area contributed by atoms with Crippen molar-refractivity contribution in [3.05, 3.63) is 98.6 Å². The van der Waals surface area contributed by atoms with Gasteiger partial charge in [-0.3, -0.25) is 19.7 Å². The molecule has 0 fully saturated rings. The van der Waals surface area contributed by atoms with Gasteiger partial charge in [0.2, 0.25) is 0 Å². The number of nitrogens with one attached hydrogen (secondary N) is 1. The predicted octanol–water partition coefficient (Wildman–Crippen LogP) is 4.81. The van der Waals surface area contributed by atoms with Gasteiger partial charge in [0.1, 0.15) is 11.4 Å². The number of carbonyl (C=O) groups is 2. The van der Waals surface area contributed by atoms with Crippen LogP contribution in [0.5, 0.6) is 5.75 Å². The van der Waals surface area contributed by atoms with Gasteiger partial charge in [0.05, 0.1) is 4.92 Å². The highest BCUT2D eigenvalue weighted by Crippen LogP contribution is 2.27. The first-order chi connectivity index (χ1) is 14.3. The van der Waals surface area contributed by atoms with Crippen LogP contribution in [0, 0.1) is 17.0 Å². The van der Waals surface area contributed by atoms with Crippen molar-refractivity contribution in [2.45, 2.75) is 6.92 Å². The quantitative estimate of drug-likeness (QED) is 0.333. The molecule has 1 N–H and O–H groups in total. The first-order valence-electron chi connectivity index (χ1n) is 8.92. The fraction of sp³-hybridized carbons (Fsp3) is 0.0909. The van der Waals surface area contributed by atoms with Gasteiger partial charge in [0, 0.05) is 22.2 Å². The van der Waals surface area contributed by atoms with Gasteiger partial charge in [0.15, 0.2) is 12.4 Å². The lowest BCUT2D eigenvalue weighted by molar-refractivity contribution is -0.384. The Morgan fingerprint density at radius 1 is 1.00 bits per heavy atom. The molecule has 0 atom stereocenters. The highest BCUT2D eigenvalue weighted by molar-refractivity contribution is 6.30. The van der Waals surface area contributed by atoms with E-state index in [9.17, 15) is 19.7 Å². The number of hydrogen-bond donors (Lipinski definition) is 1. The molecule has 0 aliphatic rings. The summed E-state index contributed by atoms with van der Waals surface area (Å²) >= 11 is 5.83. The number of benzene rings is 3. The fourth-order valence-electron chi connectivity index (χ4n) is 2.76. The Balaban J connectivity index is 1.62. The first-order valence-corrected chi connectivity index (χ1v) is 9.30. The van der Waals surface area contributed by atoms with Crippen LogP contribution in [0.25, 0.3) is 0 Å². The van der Waals surface area contributed by atoms with Crippen molar-refractivity contribution in [3.8, 4) is 5.75 Å². The zero-order chi connectivity index (χ0) is 21.7. The van der Waals surface area contributed by atoms with Gasteiger partial charge in [-0.05, 0) is 61.0 Å². The first kappa shape index (κ1) is 21.0. The smallest absolute Gasteiger partial charge is 0.293 e. The van der Waals surface area contributed by atoms with Gasteiger partial charge >= 0.3 is 0 Å². The number of ketones is 1. The van der Waals surface area contributed by atoms with Crippen molar-refractivity contribution in [2.75, 3.05) is 11.9 Å². The number of ether oxygens (including phenoxy) is 1. The number of amides is 1. The number of anilines is 1. The molecular formula is C22H17ClN2O5. The Kier molecular flexibility index (Phi) is 6.44. The zero-order valence-corrected chi connectivity index (χ0v) is 16.7. The number of aryl methyl sites for hydroxylation is 1. The summed E-state index contributed by atoms with van der Waals surface area (Å²) in [6, 6.07) is 17.4. The van der Waals surface area contributed by atoms with Crippen LogP contribution in [0.15, 0.2) is 66.7 Å². The monoisotopic (exact) mass is 424 g/mol. The summed E-state index contributed by atoms with van der Waals surface area (Å²) in [5.74, 6) is -0.311. The molecule has 7 nitrogen and oxygen atoms in total. The molecule has 1 amide bonds. The van der Waals surface area contributed by atoms with Crippen LogP contribution >= 0.6 is 11.6 Å². The summed E-state index contributed by atoms with van der Waals surface area (Å²) in [6.07, 6.45) is 0. The van der Waals surface area contributed by atoms with Crippen LogP contribution < -0.4 is 10.1 Å². The van der Waals surface area contributed by atoms with E-state index in [1.807, 2.05) is 0 Å². The van der Waals surface area contributed by atoms with Crippen molar-refractivity contribution in [3.63, 3.8) is 0 Å². The van der Waals surface area contributed by atoms with E-state index in [0.717, 1.165) is 0 Å². The van der Waals surface area contributed by atoms with E-state index >= 15 is 0 Å². The lowest BCUT2D eigenvalue weighted by atomic mass is 10.0. The van der Waals surface area contributed by atoms with E-state index < -0.39 is 10.8 Å². The van der Waals surface area contributed by atoms with Crippen molar-refractivity contribution in [2.24, 2.45) is 0 Å². The number of hydrogen-bond acceptors (Lipinski definition) is 5. The van der Waals surface area contributed by atoms with Crippen LogP contribution in [0.1, 0.15) is 21.5 Å². The Morgan fingerprint density at radius 3 is 2.20 bits per heavy atom. The molecule has 30 heavy (non-hydrogen) atoms. The van der Waals surface area contributed by atoms with Gasteiger partial charge in [-0.1, -0.05) is 23.7 Å². The average molecular weight is 425 g/mol. The summed E-state index contributed by atoms with van der Waals surface area (Å²) in [5.41, 5.74) is 1.49. The highest BCUT2D eigenvalue weighted by atomic mass is 35.5. The molecule has 3 rings (SSSR count). The fourth-order valence-corrected chi connectivity index (χ4v) is 2.89. The molecule has 0 aliphatic heterocycles. The molecule has 0 aliphatic carbocycles. The minimum absolute atomic E-state index is 0.139. The van der Waals surface area contributed by atoms with E-state index in [1.165, 1.54) is 6.07 Å². The average Bonchev–Trinajstić information content (AvgIpc) is 2.74. The maximum absolute atomic E-state index is 12.5. The lowest BCUT2D eigenvalue weighted by Gasteiger charge is -2.10. The molecule has 152 valence electrons. The summed E-state index contributed by atoms with van der Waals surface area (Å²) in [5, 5.41) is 14.2. The van der Waals surface area contributed by atoms with E-state index in [4.69, 9.17) is 16.3 Å². The van der Waals surface area contributed by atoms with Gasteiger partial charge < -0.3 is 10.1 Å². The second kappa shape index (κ2) is 9.19. The molecule has 0 bridgehead atoms. The van der Waals surface area contributed by atoms with Gasteiger partial charge in [-0.2, -0.15) is 0 Å². The Morgan fingerprint density at radius 2 is 1.60 bits per heavy atom. The normalized spacial score (nSPS) is 10.3. The number of halogens is 1. The summed E-state index contributed by atoms with van der Waals surface area (Å²) < 4.78 is 5.43. The molecule has 0 saturated carbocycles. The van der Waals surface area contributed by atoms with Gasteiger partial charge in [-0.15, -0.1) is 0 Å². The molecule has 3 aromatic rings. The minimum Gasteiger partial charge on any atom is -0.484 e. The third kappa shape index (κ3) is 5.01. The molecule has 0 aromatic heterocycles. The highest BCUT2D eigenvalue weighted by Gasteiger charge is 2.18. The number of nitro groups is 1. The van der Waals surface area contributed by atoms with Crippen LogP contribution in [-0.4, -0.2) is 23.2 Å². The largest absolute Gasteiger partial charge is 0.484 e. The molecule has 8 heteroatoms. The second-order valence-corrected chi connectivity index (χ2v) is 6.86. The molecular weight excluding hydrogens is 408 g/mol. The number of carbonyl (C=O) groups excluding carboxylic acids is 2. The Labute approximate surface area is 177 Å². The molecule has 0 spiro atoms. The number of nitro benzene ring substituents is 1. The molecule has 0 unspecified atom stereocenters. The van der Waals surface area contributed by atoms with Crippen molar-refractivity contribution in [1.29, 1.82) is 0 Å². The molecule has 0 saturated heterocycles. The van der Waals surface area contributed by atoms with Crippen molar-refractivity contribution < 1.29 is 19.2 Å². The Bertz CT molecular complexity index is 1100. The third-order valence-corrected chi connectivity index (χ3v) is 4.56. The van der Waals surface area contributed by atoms with E-state index in [2.05, 4.69) is 5.32 Å². The Hall–Kier alpha value is -3.71. The summed E-state index contributed by atoms with van der Waals surface area (Å²) in [6.45, 7) is 1.33. The van der Waals surface area contributed by atoms with Crippen LogP contribution in [0.3, 0.4) is 0 Å². The van der Waals surface area contributed by atoms with E-state index in [-0.39, 0.29) is 23.8 Å².